The van der Waals surface area contributed by atoms with Crippen molar-refractivity contribution >= 4 is 0 Å². The van der Waals surface area contributed by atoms with Crippen LogP contribution in [0.15, 0.2) is 36.4 Å². The summed E-state index contributed by atoms with van der Waals surface area (Å²) in [5.74, 6) is -0.190. The first-order valence-corrected chi connectivity index (χ1v) is 5.00. The van der Waals surface area contributed by atoms with E-state index in [2.05, 4.69) is 4.90 Å². The van der Waals surface area contributed by atoms with Crippen LogP contribution in [0.2, 0.25) is 0 Å². The van der Waals surface area contributed by atoms with Gasteiger partial charge in [0.2, 0.25) is 0 Å². The number of nitrogens with two attached hydrogens (primary N) is 1. The van der Waals surface area contributed by atoms with Gasteiger partial charge < -0.3 is 5.73 Å². The summed E-state index contributed by atoms with van der Waals surface area (Å²) < 4.78 is 12.6. The second-order valence-electron chi connectivity index (χ2n) is 3.53. The molecule has 0 fully saturated rings. The van der Waals surface area contributed by atoms with E-state index in [0.717, 1.165) is 18.7 Å². The highest BCUT2D eigenvalue weighted by atomic mass is 19.1. The molecule has 0 radical (unpaired) electrons. The van der Waals surface area contributed by atoms with Gasteiger partial charge in [-0.25, -0.2) is 4.39 Å². The fraction of sp³-hybridized carbons (Fsp3) is 0.333. The van der Waals surface area contributed by atoms with E-state index in [1.54, 1.807) is 12.1 Å². The van der Waals surface area contributed by atoms with Crippen molar-refractivity contribution in [3.8, 4) is 0 Å². The van der Waals surface area contributed by atoms with Gasteiger partial charge in [0, 0.05) is 19.6 Å². The second kappa shape index (κ2) is 6.32. The average molecular weight is 208 g/mol. The van der Waals surface area contributed by atoms with Crippen LogP contribution in [0.25, 0.3) is 0 Å². The Bertz CT molecular complexity index is 306. The number of halogens is 1. The molecule has 2 N–H and O–H groups in total. The van der Waals surface area contributed by atoms with Crippen molar-refractivity contribution in [1.29, 1.82) is 0 Å². The molecule has 1 aromatic carbocycles. The highest BCUT2D eigenvalue weighted by Crippen LogP contribution is 2.05. The molecule has 0 aliphatic rings. The van der Waals surface area contributed by atoms with Crippen molar-refractivity contribution in [3.05, 3.63) is 47.8 Å². The van der Waals surface area contributed by atoms with Crippen LogP contribution in [0.1, 0.15) is 5.56 Å². The molecule has 0 heterocycles. The van der Waals surface area contributed by atoms with Crippen LogP contribution >= 0.6 is 0 Å². The molecule has 2 nitrogen and oxygen atoms in total. The molecule has 0 atom stereocenters. The van der Waals surface area contributed by atoms with E-state index in [-0.39, 0.29) is 5.82 Å². The summed E-state index contributed by atoms with van der Waals surface area (Å²) in [6, 6.07) is 6.58. The van der Waals surface area contributed by atoms with E-state index < -0.39 is 0 Å². The highest BCUT2D eigenvalue weighted by molar-refractivity contribution is 5.15. The molecule has 0 aliphatic heterocycles. The van der Waals surface area contributed by atoms with Crippen LogP contribution in [0.4, 0.5) is 4.39 Å². The molecule has 3 heteroatoms. The van der Waals surface area contributed by atoms with E-state index in [4.69, 9.17) is 5.73 Å². The number of nitrogens with zero attached hydrogens (tertiary/aromatic N) is 1. The van der Waals surface area contributed by atoms with Crippen LogP contribution in [0.3, 0.4) is 0 Å². The van der Waals surface area contributed by atoms with Crippen LogP contribution in [0.5, 0.6) is 0 Å². The quantitative estimate of drug-likeness (QED) is 0.747. The van der Waals surface area contributed by atoms with Gasteiger partial charge in [-0.15, -0.1) is 0 Å². The number of hydrogen-bond donors (Lipinski definition) is 1. The summed E-state index contributed by atoms with van der Waals surface area (Å²) in [6.45, 7) is 2.24. The van der Waals surface area contributed by atoms with Crippen LogP contribution in [0, 0.1) is 5.82 Å². The standard InChI is InChI=1S/C12H17FN2/c1-15(9-3-2-8-14)10-11-4-6-12(13)7-5-11/h2-7H,8-10,14H2,1H3. The van der Waals surface area contributed by atoms with Crippen molar-refractivity contribution in [2.24, 2.45) is 5.73 Å². The van der Waals surface area contributed by atoms with Gasteiger partial charge in [0.1, 0.15) is 5.82 Å². The minimum Gasteiger partial charge on any atom is -0.327 e. The third-order valence-corrected chi connectivity index (χ3v) is 2.09. The van der Waals surface area contributed by atoms with Gasteiger partial charge >= 0.3 is 0 Å². The highest BCUT2D eigenvalue weighted by Gasteiger charge is 1.98. The molecular weight excluding hydrogens is 191 g/mol. The lowest BCUT2D eigenvalue weighted by Gasteiger charge is -2.14. The predicted molar refractivity (Wildman–Crippen MR) is 60.9 cm³/mol. The zero-order chi connectivity index (χ0) is 11.1. The fourth-order valence-electron chi connectivity index (χ4n) is 1.32. The summed E-state index contributed by atoms with van der Waals surface area (Å²) in [4.78, 5) is 2.14. The van der Waals surface area contributed by atoms with Gasteiger partial charge in [-0.2, -0.15) is 0 Å². The van der Waals surface area contributed by atoms with E-state index in [1.165, 1.54) is 12.1 Å². The molecule has 0 bridgehead atoms. The number of rotatable bonds is 5. The molecular formula is C12H17FN2. The Hall–Kier alpha value is -1.19. The lowest BCUT2D eigenvalue weighted by molar-refractivity contribution is 0.363. The van der Waals surface area contributed by atoms with Gasteiger partial charge in [0.25, 0.3) is 0 Å². The smallest absolute Gasteiger partial charge is 0.123 e. The van der Waals surface area contributed by atoms with E-state index in [0.29, 0.717) is 6.54 Å². The van der Waals surface area contributed by atoms with Crippen molar-refractivity contribution in [2.75, 3.05) is 20.1 Å². The SMILES string of the molecule is CN(CC=CCN)Cc1ccc(F)cc1. The number of benzene rings is 1. The number of hydrogen-bond acceptors (Lipinski definition) is 2. The summed E-state index contributed by atoms with van der Waals surface area (Å²) in [5.41, 5.74) is 6.45. The average Bonchev–Trinajstić information content (AvgIpc) is 2.22. The van der Waals surface area contributed by atoms with Crippen molar-refractivity contribution < 1.29 is 4.39 Å². The van der Waals surface area contributed by atoms with E-state index in [9.17, 15) is 4.39 Å². The Morgan fingerprint density at radius 2 is 1.93 bits per heavy atom. The maximum Gasteiger partial charge on any atom is 0.123 e. The van der Waals surface area contributed by atoms with Gasteiger partial charge in [-0.05, 0) is 24.7 Å². The summed E-state index contributed by atoms with van der Waals surface area (Å²) in [7, 11) is 2.02. The molecule has 15 heavy (non-hydrogen) atoms. The van der Waals surface area contributed by atoms with Gasteiger partial charge in [0.05, 0.1) is 0 Å². The normalized spacial score (nSPS) is 11.5. The first-order valence-electron chi connectivity index (χ1n) is 5.00. The van der Waals surface area contributed by atoms with Gasteiger partial charge in [-0.3, -0.25) is 4.90 Å². The third-order valence-electron chi connectivity index (χ3n) is 2.09. The Kier molecular flexibility index (Phi) is 5.01. The maximum atomic E-state index is 12.6. The molecule has 0 aromatic heterocycles. The minimum absolute atomic E-state index is 0.190. The van der Waals surface area contributed by atoms with E-state index >= 15 is 0 Å². The lowest BCUT2D eigenvalue weighted by atomic mass is 10.2. The molecule has 82 valence electrons. The summed E-state index contributed by atoms with van der Waals surface area (Å²) in [6.07, 6.45) is 3.96. The maximum absolute atomic E-state index is 12.6. The Morgan fingerprint density at radius 1 is 1.27 bits per heavy atom. The van der Waals surface area contributed by atoms with Gasteiger partial charge in [0.15, 0.2) is 0 Å². The van der Waals surface area contributed by atoms with Crippen molar-refractivity contribution in [2.45, 2.75) is 6.54 Å². The molecule has 1 aromatic rings. The Labute approximate surface area is 90.2 Å². The molecule has 0 saturated heterocycles. The van der Waals surface area contributed by atoms with Crippen LogP contribution < -0.4 is 5.73 Å². The predicted octanol–water partition coefficient (Wildman–Crippen LogP) is 1.77. The third kappa shape index (κ3) is 4.72. The topological polar surface area (TPSA) is 29.3 Å². The lowest BCUT2D eigenvalue weighted by Crippen LogP contribution is -2.17. The molecule has 0 spiro atoms. The first kappa shape index (κ1) is 11.9. The number of likely N-dealkylation sites (N-methyl/N-ethyl adjacent to an activating group) is 1. The van der Waals surface area contributed by atoms with Crippen LogP contribution in [-0.2, 0) is 6.54 Å². The monoisotopic (exact) mass is 208 g/mol. The Balaban J connectivity index is 2.40. The zero-order valence-corrected chi connectivity index (χ0v) is 8.99. The minimum atomic E-state index is -0.190. The summed E-state index contributed by atoms with van der Waals surface area (Å²) in [5, 5.41) is 0. The largest absolute Gasteiger partial charge is 0.327 e. The van der Waals surface area contributed by atoms with Crippen LogP contribution in [-0.4, -0.2) is 25.0 Å². The molecule has 1 rings (SSSR count). The van der Waals surface area contributed by atoms with Crippen molar-refractivity contribution in [3.63, 3.8) is 0 Å². The van der Waals surface area contributed by atoms with E-state index in [1.807, 2.05) is 19.2 Å². The molecule has 0 amide bonds. The zero-order valence-electron chi connectivity index (χ0n) is 8.99. The van der Waals surface area contributed by atoms with Gasteiger partial charge in [-0.1, -0.05) is 24.3 Å². The molecule has 0 saturated carbocycles. The summed E-state index contributed by atoms with van der Waals surface area (Å²) >= 11 is 0. The Morgan fingerprint density at radius 3 is 2.53 bits per heavy atom. The van der Waals surface area contributed by atoms with Crippen molar-refractivity contribution in [1.82, 2.24) is 4.90 Å². The molecule has 0 unspecified atom stereocenters. The fourth-order valence-corrected chi connectivity index (χ4v) is 1.32. The molecule has 0 aliphatic carbocycles. The first-order chi connectivity index (χ1) is 7.22. The second-order valence-corrected chi connectivity index (χ2v) is 3.53.